The molecule has 0 aliphatic heterocycles. The van der Waals surface area contributed by atoms with E-state index in [1.807, 2.05) is 0 Å². The highest BCUT2D eigenvalue weighted by Crippen LogP contribution is 2.15. The van der Waals surface area contributed by atoms with Crippen LogP contribution >= 0.6 is 0 Å². The quantitative estimate of drug-likeness (QED) is 0.701. The van der Waals surface area contributed by atoms with E-state index >= 15 is 0 Å². The summed E-state index contributed by atoms with van der Waals surface area (Å²) in [6.07, 6.45) is 0. The van der Waals surface area contributed by atoms with Crippen molar-refractivity contribution >= 4 is 11.9 Å². The number of carboxylic acid groups (broad SMARTS) is 1. The maximum atomic E-state index is 10.7. The van der Waals surface area contributed by atoms with E-state index in [1.54, 1.807) is 0 Å². The number of rotatable bonds is 3. The van der Waals surface area contributed by atoms with Crippen LogP contribution < -0.4 is 10.5 Å². The lowest BCUT2D eigenvalue weighted by atomic mass is 10.2. The number of amides is 1. The molecule has 1 aromatic heterocycles. The van der Waals surface area contributed by atoms with Crippen LogP contribution in [0, 0.1) is 0 Å². The molecule has 1 aromatic rings. The molecule has 0 aliphatic carbocycles. The number of aromatic nitrogens is 1. The summed E-state index contributed by atoms with van der Waals surface area (Å²) >= 11 is 0. The molecule has 0 aliphatic rings. The highest BCUT2D eigenvalue weighted by Gasteiger charge is 2.14. The van der Waals surface area contributed by atoms with Crippen LogP contribution in [-0.2, 0) is 0 Å². The second kappa shape index (κ2) is 3.73. The summed E-state index contributed by atoms with van der Waals surface area (Å²) in [7, 11) is 1.26. The van der Waals surface area contributed by atoms with Gasteiger partial charge in [-0.2, -0.15) is 0 Å². The van der Waals surface area contributed by atoms with Gasteiger partial charge in [0.2, 0.25) is 5.88 Å². The zero-order valence-corrected chi connectivity index (χ0v) is 7.35. The molecular formula is C8H8N2O4. The lowest BCUT2D eigenvalue weighted by Crippen LogP contribution is -2.14. The molecule has 0 atom stereocenters. The van der Waals surface area contributed by atoms with Gasteiger partial charge in [-0.1, -0.05) is 0 Å². The minimum absolute atomic E-state index is 0.0353. The molecule has 1 amide bonds. The first-order valence-corrected chi connectivity index (χ1v) is 3.64. The number of ether oxygens (including phenoxy) is 1. The average molecular weight is 196 g/mol. The predicted octanol–water partition coefficient (Wildman–Crippen LogP) is -0.113. The van der Waals surface area contributed by atoms with Crippen molar-refractivity contribution in [3.63, 3.8) is 0 Å². The number of hydrogen-bond acceptors (Lipinski definition) is 4. The van der Waals surface area contributed by atoms with Crippen LogP contribution in [0.1, 0.15) is 20.8 Å². The fourth-order valence-corrected chi connectivity index (χ4v) is 0.896. The largest absolute Gasteiger partial charge is 0.480 e. The second-order valence-corrected chi connectivity index (χ2v) is 2.42. The van der Waals surface area contributed by atoms with E-state index in [9.17, 15) is 9.59 Å². The molecule has 14 heavy (non-hydrogen) atoms. The van der Waals surface area contributed by atoms with E-state index in [0.29, 0.717) is 0 Å². The van der Waals surface area contributed by atoms with Crippen LogP contribution in [0.25, 0.3) is 0 Å². The Bertz CT molecular complexity index is 389. The lowest BCUT2D eigenvalue weighted by Gasteiger charge is -2.03. The van der Waals surface area contributed by atoms with Crippen molar-refractivity contribution in [2.75, 3.05) is 7.11 Å². The number of aromatic carboxylic acids is 1. The molecule has 3 N–H and O–H groups in total. The van der Waals surface area contributed by atoms with E-state index in [2.05, 4.69) is 4.98 Å². The van der Waals surface area contributed by atoms with Gasteiger partial charge in [0.25, 0.3) is 5.91 Å². The van der Waals surface area contributed by atoms with Gasteiger partial charge in [0.15, 0.2) is 0 Å². The molecule has 0 radical (unpaired) electrons. The summed E-state index contributed by atoms with van der Waals surface area (Å²) in [5, 5.41) is 8.69. The summed E-state index contributed by atoms with van der Waals surface area (Å²) in [5.74, 6) is -2.04. The van der Waals surface area contributed by atoms with Gasteiger partial charge in [0.1, 0.15) is 11.3 Å². The van der Waals surface area contributed by atoms with E-state index in [4.69, 9.17) is 15.6 Å². The Morgan fingerprint density at radius 2 is 2.14 bits per heavy atom. The van der Waals surface area contributed by atoms with Crippen molar-refractivity contribution in [3.05, 3.63) is 23.4 Å². The standard InChI is InChI=1S/C8H8N2O4/c1-14-7-4(8(12)13)2-3-5(10-7)6(9)11/h2-3H,1H3,(H2,9,11)(H,12,13). The molecular weight excluding hydrogens is 188 g/mol. The summed E-state index contributed by atoms with van der Waals surface area (Å²) in [6.45, 7) is 0. The molecule has 74 valence electrons. The third kappa shape index (κ3) is 1.79. The molecule has 0 saturated carbocycles. The Balaban J connectivity index is 3.25. The van der Waals surface area contributed by atoms with Gasteiger partial charge in [0, 0.05) is 0 Å². The zero-order chi connectivity index (χ0) is 10.7. The highest BCUT2D eigenvalue weighted by molar-refractivity contribution is 5.94. The predicted molar refractivity (Wildman–Crippen MR) is 46.3 cm³/mol. The normalized spacial score (nSPS) is 9.50. The molecule has 0 fully saturated rings. The van der Waals surface area contributed by atoms with Crippen LogP contribution in [0.5, 0.6) is 5.88 Å². The van der Waals surface area contributed by atoms with E-state index in [-0.39, 0.29) is 17.1 Å². The number of hydrogen-bond donors (Lipinski definition) is 2. The molecule has 0 bridgehead atoms. The number of carboxylic acids is 1. The average Bonchev–Trinajstić information content (AvgIpc) is 2.16. The SMILES string of the molecule is COc1nc(C(N)=O)ccc1C(=O)O. The number of carbonyl (C=O) groups is 2. The van der Waals surface area contributed by atoms with Crippen LogP contribution in [0.15, 0.2) is 12.1 Å². The number of methoxy groups -OCH3 is 1. The van der Waals surface area contributed by atoms with Crippen molar-refractivity contribution in [2.45, 2.75) is 0 Å². The molecule has 0 aromatic carbocycles. The topological polar surface area (TPSA) is 103 Å². The van der Waals surface area contributed by atoms with Gasteiger partial charge in [-0.15, -0.1) is 0 Å². The van der Waals surface area contributed by atoms with Crippen LogP contribution in [0.2, 0.25) is 0 Å². The Morgan fingerprint density at radius 3 is 2.57 bits per heavy atom. The van der Waals surface area contributed by atoms with Crippen LogP contribution in [0.3, 0.4) is 0 Å². The van der Waals surface area contributed by atoms with Crippen molar-refractivity contribution < 1.29 is 19.4 Å². The van der Waals surface area contributed by atoms with Gasteiger partial charge >= 0.3 is 5.97 Å². The number of nitrogens with two attached hydrogens (primary N) is 1. The molecule has 0 unspecified atom stereocenters. The first-order valence-electron chi connectivity index (χ1n) is 3.64. The first-order chi connectivity index (χ1) is 6.56. The van der Waals surface area contributed by atoms with Crippen LogP contribution in [-0.4, -0.2) is 29.1 Å². The summed E-state index contributed by atoms with van der Waals surface area (Å²) in [4.78, 5) is 25.0. The van der Waals surface area contributed by atoms with E-state index < -0.39 is 11.9 Å². The number of primary amides is 1. The van der Waals surface area contributed by atoms with E-state index in [0.717, 1.165) is 0 Å². The molecule has 6 nitrogen and oxygen atoms in total. The summed E-state index contributed by atoms with van der Waals surface area (Å²) in [5.41, 5.74) is 4.81. The van der Waals surface area contributed by atoms with Gasteiger partial charge in [0.05, 0.1) is 7.11 Å². The lowest BCUT2D eigenvalue weighted by molar-refractivity contribution is 0.0691. The Hall–Kier alpha value is -2.11. The van der Waals surface area contributed by atoms with Crippen molar-refractivity contribution in [1.29, 1.82) is 0 Å². The fraction of sp³-hybridized carbons (Fsp3) is 0.125. The number of nitrogens with zero attached hydrogens (tertiary/aromatic N) is 1. The van der Waals surface area contributed by atoms with Crippen LogP contribution in [0.4, 0.5) is 0 Å². The molecule has 0 spiro atoms. The van der Waals surface area contributed by atoms with Gasteiger partial charge in [-0.3, -0.25) is 4.79 Å². The monoisotopic (exact) mass is 196 g/mol. The molecule has 1 heterocycles. The smallest absolute Gasteiger partial charge is 0.341 e. The minimum Gasteiger partial charge on any atom is -0.480 e. The maximum Gasteiger partial charge on any atom is 0.341 e. The minimum atomic E-state index is -1.18. The highest BCUT2D eigenvalue weighted by atomic mass is 16.5. The Kier molecular flexibility index (Phi) is 2.66. The van der Waals surface area contributed by atoms with Crippen molar-refractivity contribution in [2.24, 2.45) is 5.73 Å². The van der Waals surface area contributed by atoms with Crippen molar-refractivity contribution in [1.82, 2.24) is 4.98 Å². The Morgan fingerprint density at radius 1 is 1.50 bits per heavy atom. The van der Waals surface area contributed by atoms with Gasteiger partial charge in [-0.05, 0) is 12.1 Å². The summed E-state index contributed by atoms with van der Waals surface area (Å²) in [6, 6.07) is 2.45. The number of pyridine rings is 1. The third-order valence-corrected chi connectivity index (χ3v) is 1.54. The van der Waals surface area contributed by atoms with Gasteiger partial charge < -0.3 is 15.6 Å². The first kappa shape index (κ1) is 9.97. The molecule has 1 rings (SSSR count). The molecule has 6 heteroatoms. The second-order valence-electron chi connectivity index (χ2n) is 2.42. The Labute approximate surface area is 79.3 Å². The number of carbonyl (C=O) groups excluding carboxylic acids is 1. The summed E-state index contributed by atoms with van der Waals surface area (Å²) < 4.78 is 4.70. The fourth-order valence-electron chi connectivity index (χ4n) is 0.896. The maximum absolute atomic E-state index is 10.7. The zero-order valence-electron chi connectivity index (χ0n) is 7.35. The van der Waals surface area contributed by atoms with Gasteiger partial charge in [-0.25, -0.2) is 9.78 Å². The van der Waals surface area contributed by atoms with E-state index in [1.165, 1.54) is 19.2 Å². The third-order valence-electron chi connectivity index (χ3n) is 1.54. The van der Waals surface area contributed by atoms with Crippen molar-refractivity contribution in [3.8, 4) is 5.88 Å². The molecule has 0 saturated heterocycles.